The van der Waals surface area contributed by atoms with Gasteiger partial charge in [0.1, 0.15) is 17.4 Å². The molecule has 32 heavy (non-hydrogen) atoms. The Kier molecular flexibility index (Phi) is 6.66. The number of rotatable bonds is 6. The van der Waals surface area contributed by atoms with E-state index in [1.807, 2.05) is 32.0 Å². The lowest BCUT2D eigenvalue weighted by Crippen LogP contribution is -2.44. The van der Waals surface area contributed by atoms with Gasteiger partial charge in [-0.2, -0.15) is 10.1 Å². The highest BCUT2D eigenvalue weighted by atomic mass is 19.3. The molecule has 1 amide bonds. The second-order valence-corrected chi connectivity index (χ2v) is 7.40. The molecular weight excluding hydrogens is 418 g/mol. The smallest absolute Gasteiger partial charge is 0.280 e. The molecule has 4 rings (SSSR count). The number of halogens is 2. The number of fused-ring (bicyclic) bond motifs is 1. The van der Waals surface area contributed by atoms with Crippen LogP contribution in [0.4, 0.5) is 26.2 Å². The number of carbonyl (C=O) groups excluding carboxylic acids is 1. The van der Waals surface area contributed by atoms with E-state index in [1.165, 1.54) is 12.3 Å². The van der Waals surface area contributed by atoms with Gasteiger partial charge in [0.2, 0.25) is 11.9 Å². The number of alkyl halides is 2. The molecule has 0 aliphatic carbocycles. The van der Waals surface area contributed by atoms with Crippen molar-refractivity contribution in [3.05, 3.63) is 53.2 Å². The summed E-state index contributed by atoms with van der Waals surface area (Å²) in [5, 5.41) is 10.3. The maximum Gasteiger partial charge on any atom is 0.280 e. The molecule has 9 nitrogen and oxygen atoms in total. The number of pyridine rings is 1. The van der Waals surface area contributed by atoms with E-state index < -0.39 is 6.43 Å². The van der Waals surface area contributed by atoms with Gasteiger partial charge in [-0.3, -0.25) is 14.5 Å². The summed E-state index contributed by atoms with van der Waals surface area (Å²) in [6.07, 6.45) is 2.42. The van der Waals surface area contributed by atoms with E-state index in [1.54, 1.807) is 16.9 Å². The minimum Gasteiger partial charge on any atom is -0.350 e. The first kappa shape index (κ1) is 23.0. The Morgan fingerprint density at radius 3 is 2.69 bits per heavy atom. The third kappa shape index (κ3) is 4.66. The second kappa shape index (κ2) is 9.25. The highest BCUT2D eigenvalue weighted by Gasteiger charge is 2.30. The fraction of sp³-hybridized carbons (Fsp3) is 0.381. The van der Waals surface area contributed by atoms with Gasteiger partial charge in [-0.15, -0.1) is 0 Å². The van der Waals surface area contributed by atoms with Crippen molar-refractivity contribution < 1.29 is 13.6 Å². The number of hydrogen-bond donors (Lipinski definition) is 2. The first-order chi connectivity index (χ1) is 14.8. The Balaban J connectivity index is 0.00000289. The molecule has 2 N–H and O–H groups in total. The summed E-state index contributed by atoms with van der Waals surface area (Å²) < 4.78 is 26.9. The molecule has 0 bridgehead atoms. The van der Waals surface area contributed by atoms with Crippen LogP contribution in [0.15, 0.2) is 30.7 Å². The number of amides is 1. The largest absolute Gasteiger partial charge is 0.350 e. The number of hydrogen-bond acceptors (Lipinski definition) is 7. The van der Waals surface area contributed by atoms with Crippen LogP contribution in [0.1, 0.15) is 43.3 Å². The van der Waals surface area contributed by atoms with Crippen LogP contribution in [-0.4, -0.2) is 43.7 Å². The second-order valence-electron chi connectivity index (χ2n) is 7.40. The number of carbonyl (C=O) groups is 1. The van der Waals surface area contributed by atoms with E-state index in [9.17, 15) is 13.6 Å². The Labute approximate surface area is 184 Å². The monoisotopic (exact) mass is 444 g/mol. The van der Waals surface area contributed by atoms with E-state index in [0.29, 0.717) is 36.2 Å². The molecule has 1 aliphatic heterocycles. The minimum absolute atomic E-state index is 0. The lowest BCUT2D eigenvalue weighted by Gasteiger charge is -2.32. The molecule has 0 radical (unpaired) electrons. The van der Waals surface area contributed by atoms with Gasteiger partial charge >= 0.3 is 0 Å². The maximum absolute atomic E-state index is 12.6. The summed E-state index contributed by atoms with van der Waals surface area (Å²) in [6, 6.07) is 2.62. The molecule has 1 aliphatic rings. The van der Waals surface area contributed by atoms with Gasteiger partial charge < -0.3 is 15.5 Å². The Morgan fingerprint density at radius 1 is 1.22 bits per heavy atom. The van der Waals surface area contributed by atoms with Crippen molar-refractivity contribution in [1.29, 1.82) is 0 Å². The molecule has 0 saturated carbocycles. The number of likely N-dealkylation sites (N-methyl/N-ethyl adjacent to an activating group) is 1. The van der Waals surface area contributed by atoms with E-state index in [-0.39, 0.29) is 25.1 Å². The highest BCUT2D eigenvalue weighted by molar-refractivity contribution is 6.03. The van der Waals surface area contributed by atoms with Crippen molar-refractivity contribution in [1.82, 2.24) is 24.7 Å². The number of aryl methyl sites for hydroxylation is 1. The minimum atomic E-state index is -2.58. The summed E-state index contributed by atoms with van der Waals surface area (Å²) in [6.45, 7) is 4.51. The molecule has 0 unspecified atom stereocenters. The summed E-state index contributed by atoms with van der Waals surface area (Å²) >= 11 is 0. The van der Waals surface area contributed by atoms with Crippen LogP contribution < -0.4 is 15.5 Å². The summed E-state index contributed by atoms with van der Waals surface area (Å²) in [5.74, 6) is 1.03. The normalized spacial score (nSPS) is 15.2. The van der Waals surface area contributed by atoms with Gasteiger partial charge in [0, 0.05) is 31.5 Å². The third-order valence-electron chi connectivity index (χ3n) is 5.17. The van der Waals surface area contributed by atoms with Crippen molar-refractivity contribution in [2.75, 3.05) is 22.6 Å². The zero-order chi connectivity index (χ0) is 22.1. The Hall–Kier alpha value is -3.63. The zero-order valence-electron chi connectivity index (χ0n) is 17.3. The molecule has 0 aromatic carbocycles. The van der Waals surface area contributed by atoms with Crippen molar-refractivity contribution in [2.24, 2.45) is 0 Å². The van der Waals surface area contributed by atoms with Gasteiger partial charge in [-0.25, -0.2) is 13.8 Å². The molecule has 0 spiro atoms. The standard InChI is InChI=1S/C20H22F2N8O.CH4/c1-11-16-18(29(3)12(2)19(31)27-16)28-20(26-11)24-7-14-8-25-30(10-14)9-13-4-5-15(17(21)22)23-6-13;/h4-6,8,10,12,17H,7,9H2,1-3H3,(H,27,31)(H,24,26,28);1H4/t12-;/m0./s1. The lowest BCUT2D eigenvalue weighted by molar-refractivity contribution is -0.117. The van der Waals surface area contributed by atoms with E-state index in [0.717, 1.165) is 11.1 Å². The summed E-state index contributed by atoms with van der Waals surface area (Å²) in [7, 11) is 1.82. The summed E-state index contributed by atoms with van der Waals surface area (Å²) in [5.41, 5.74) is 2.74. The predicted octanol–water partition coefficient (Wildman–Crippen LogP) is 3.39. The quantitative estimate of drug-likeness (QED) is 0.601. The van der Waals surface area contributed by atoms with Crippen molar-refractivity contribution in [2.45, 2.75) is 46.8 Å². The van der Waals surface area contributed by atoms with Crippen LogP contribution in [0.5, 0.6) is 0 Å². The van der Waals surface area contributed by atoms with Gasteiger partial charge in [0.05, 0.1) is 18.4 Å². The Morgan fingerprint density at radius 2 is 2.00 bits per heavy atom. The van der Waals surface area contributed by atoms with Crippen molar-refractivity contribution >= 4 is 23.4 Å². The van der Waals surface area contributed by atoms with E-state index >= 15 is 0 Å². The molecule has 11 heteroatoms. The molecular formula is C21H26F2N8O. The molecule has 0 saturated heterocycles. The third-order valence-corrected chi connectivity index (χ3v) is 5.17. The zero-order valence-corrected chi connectivity index (χ0v) is 17.3. The lowest BCUT2D eigenvalue weighted by atomic mass is 10.2. The molecule has 3 aromatic rings. The first-order valence-electron chi connectivity index (χ1n) is 9.72. The van der Waals surface area contributed by atoms with Crippen LogP contribution in [0, 0.1) is 6.92 Å². The molecule has 4 heterocycles. The SMILES string of the molecule is C.Cc1nc(NCc2cnn(Cc3ccc(C(F)F)nc3)c2)nc2c1NC(=O)[C@H](C)N2C. The number of aromatic nitrogens is 5. The average molecular weight is 444 g/mol. The summed E-state index contributed by atoms with van der Waals surface area (Å²) in [4.78, 5) is 26.6. The molecule has 1 atom stereocenters. The first-order valence-corrected chi connectivity index (χ1v) is 9.72. The number of nitrogens with one attached hydrogen (secondary N) is 2. The fourth-order valence-electron chi connectivity index (χ4n) is 3.24. The molecule has 3 aromatic heterocycles. The topological polar surface area (TPSA) is 101 Å². The average Bonchev–Trinajstić information content (AvgIpc) is 3.19. The van der Waals surface area contributed by atoms with Gasteiger partial charge in [-0.05, 0) is 25.5 Å². The fourth-order valence-corrected chi connectivity index (χ4v) is 3.24. The number of anilines is 3. The van der Waals surface area contributed by atoms with Crippen LogP contribution >= 0.6 is 0 Å². The maximum atomic E-state index is 12.6. The Bertz CT molecular complexity index is 1100. The van der Waals surface area contributed by atoms with Crippen molar-refractivity contribution in [3.63, 3.8) is 0 Å². The highest BCUT2D eigenvalue weighted by Crippen LogP contribution is 2.32. The molecule has 170 valence electrons. The van der Waals surface area contributed by atoms with Crippen LogP contribution in [0.3, 0.4) is 0 Å². The van der Waals surface area contributed by atoms with Gasteiger partial charge in [0.15, 0.2) is 5.82 Å². The van der Waals surface area contributed by atoms with Gasteiger partial charge in [0.25, 0.3) is 6.43 Å². The van der Waals surface area contributed by atoms with Crippen LogP contribution in [0.25, 0.3) is 0 Å². The van der Waals surface area contributed by atoms with Crippen LogP contribution in [0.2, 0.25) is 0 Å². The predicted molar refractivity (Wildman–Crippen MR) is 118 cm³/mol. The van der Waals surface area contributed by atoms with Crippen molar-refractivity contribution in [3.8, 4) is 0 Å². The van der Waals surface area contributed by atoms with E-state index in [2.05, 4.69) is 30.7 Å². The van der Waals surface area contributed by atoms with Gasteiger partial charge in [-0.1, -0.05) is 13.5 Å². The number of nitrogens with zero attached hydrogens (tertiary/aromatic N) is 6. The van der Waals surface area contributed by atoms with E-state index in [4.69, 9.17) is 0 Å². The molecule has 0 fully saturated rings. The van der Waals surface area contributed by atoms with Crippen LogP contribution in [-0.2, 0) is 17.9 Å².